The number of methoxy groups -OCH3 is 2. The zero-order valence-corrected chi connectivity index (χ0v) is 18.2. The Hall–Kier alpha value is -3.42. The van der Waals surface area contributed by atoms with Crippen molar-refractivity contribution in [2.24, 2.45) is 5.41 Å². The lowest BCUT2D eigenvalue weighted by molar-refractivity contribution is -0.145. The minimum absolute atomic E-state index is 0.161. The topological polar surface area (TPSA) is 82.5 Å². The van der Waals surface area contributed by atoms with Gasteiger partial charge in [-0.15, -0.1) is 0 Å². The molecule has 164 valence electrons. The lowest BCUT2D eigenvalue weighted by Crippen LogP contribution is -2.49. The van der Waals surface area contributed by atoms with Crippen molar-refractivity contribution in [3.63, 3.8) is 0 Å². The molecular formula is C23H26FN3O4. The van der Waals surface area contributed by atoms with Gasteiger partial charge < -0.3 is 14.8 Å². The molecule has 0 aliphatic heterocycles. The predicted octanol–water partition coefficient (Wildman–Crippen LogP) is 3.55. The minimum atomic E-state index is -0.854. The summed E-state index contributed by atoms with van der Waals surface area (Å²) in [5.41, 5.74) is 1.04. The molecule has 31 heavy (non-hydrogen) atoms. The van der Waals surface area contributed by atoms with Gasteiger partial charge in [-0.1, -0.05) is 45.0 Å². The molecule has 3 aromatic rings. The SMILES string of the molecule is COC(=O)[C@@H](NC(=O)c1nn(Cc2ccc(F)cc2)c2c(OC)cccc12)C(C)(C)C. The molecule has 0 saturated carbocycles. The summed E-state index contributed by atoms with van der Waals surface area (Å²) < 4.78 is 25.3. The number of esters is 1. The Morgan fingerprint density at radius 3 is 2.39 bits per heavy atom. The molecule has 0 bridgehead atoms. The highest BCUT2D eigenvalue weighted by Gasteiger charge is 2.35. The summed E-state index contributed by atoms with van der Waals surface area (Å²) in [5.74, 6) is -0.816. The van der Waals surface area contributed by atoms with Crippen molar-refractivity contribution in [3.05, 3.63) is 59.5 Å². The zero-order valence-electron chi connectivity index (χ0n) is 18.2. The van der Waals surface area contributed by atoms with E-state index in [9.17, 15) is 14.0 Å². The number of rotatable bonds is 6. The first kappa shape index (κ1) is 22.3. The van der Waals surface area contributed by atoms with Gasteiger partial charge in [-0.3, -0.25) is 9.48 Å². The summed E-state index contributed by atoms with van der Waals surface area (Å²) in [7, 11) is 2.82. The Bertz CT molecular complexity index is 1100. The monoisotopic (exact) mass is 427 g/mol. The lowest BCUT2D eigenvalue weighted by Gasteiger charge is -2.28. The fraction of sp³-hybridized carbons (Fsp3) is 0.348. The maximum atomic E-state index is 13.3. The van der Waals surface area contributed by atoms with Gasteiger partial charge in [-0.05, 0) is 29.2 Å². The van der Waals surface area contributed by atoms with Crippen molar-refractivity contribution in [2.45, 2.75) is 33.4 Å². The molecule has 0 aliphatic rings. The Kier molecular flexibility index (Phi) is 6.29. The fourth-order valence-corrected chi connectivity index (χ4v) is 3.36. The third kappa shape index (κ3) is 4.68. The lowest BCUT2D eigenvalue weighted by atomic mass is 9.86. The summed E-state index contributed by atoms with van der Waals surface area (Å²) in [6, 6.07) is 10.5. The van der Waals surface area contributed by atoms with Gasteiger partial charge in [0.05, 0.1) is 20.8 Å². The Balaban J connectivity index is 2.05. The molecule has 1 N–H and O–H groups in total. The number of benzene rings is 2. The number of hydrogen-bond donors (Lipinski definition) is 1. The molecule has 1 amide bonds. The third-order valence-electron chi connectivity index (χ3n) is 4.99. The molecule has 1 heterocycles. The number of para-hydroxylation sites is 1. The molecule has 1 aromatic heterocycles. The van der Waals surface area contributed by atoms with E-state index >= 15 is 0 Å². The van der Waals surface area contributed by atoms with Crippen molar-refractivity contribution in [3.8, 4) is 5.75 Å². The van der Waals surface area contributed by atoms with E-state index in [4.69, 9.17) is 9.47 Å². The summed E-state index contributed by atoms with van der Waals surface area (Å²) in [4.78, 5) is 25.4. The molecule has 0 radical (unpaired) electrons. The number of aromatic nitrogens is 2. The van der Waals surface area contributed by atoms with Crippen LogP contribution in [0.5, 0.6) is 5.75 Å². The molecule has 0 aliphatic carbocycles. The maximum Gasteiger partial charge on any atom is 0.328 e. The highest BCUT2D eigenvalue weighted by molar-refractivity contribution is 6.07. The van der Waals surface area contributed by atoms with Crippen molar-refractivity contribution in [2.75, 3.05) is 14.2 Å². The number of hydrogen-bond acceptors (Lipinski definition) is 5. The van der Waals surface area contributed by atoms with Crippen LogP contribution in [-0.2, 0) is 16.1 Å². The molecule has 0 fully saturated rings. The molecule has 7 nitrogen and oxygen atoms in total. The number of nitrogens with zero attached hydrogens (tertiary/aromatic N) is 2. The van der Waals surface area contributed by atoms with E-state index < -0.39 is 23.3 Å². The standard InChI is InChI=1S/C23H26FN3O4/c1-23(2,3)20(22(29)31-5)25-21(28)18-16-7-6-8-17(30-4)19(16)27(26-18)13-14-9-11-15(24)12-10-14/h6-12,20H,13H2,1-5H3,(H,25,28)/t20-/m1/s1. The minimum Gasteiger partial charge on any atom is -0.494 e. The van der Waals surface area contributed by atoms with Crippen LogP contribution in [-0.4, -0.2) is 41.9 Å². The molecule has 3 rings (SSSR count). The first-order chi connectivity index (χ1) is 14.7. The molecule has 8 heteroatoms. The predicted molar refractivity (Wildman–Crippen MR) is 115 cm³/mol. The van der Waals surface area contributed by atoms with E-state index in [0.717, 1.165) is 5.56 Å². The van der Waals surface area contributed by atoms with Crippen LogP contribution < -0.4 is 10.1 Å². The van der Waals surface area contributed by atoms with Gasteiger partial charge in [-0.2, -0.15) is 5.10 Å². The van der Waals surface area contributed by atoms with Crippen LogP contribution in [0.15, 0.2) is 42.5 Å². The molecule has 0 saturated heterocycles. The van der Waals surface area contributed by atoms with Gasteiger partial charge in [-0.25, -0.2) is 9.18 Å². The summed E-state index contributed by atoms with van der Waals surface area (Å²) in [6.45, 7) is 5.82. The molecule has 0 spiro atoms. The van der Waals surface area contributed by atoms with Gasteiger partial charge in [0.2, 0.25) is 0 Å². The highest BCUT2D eigenvalue weighted by Crippen LogP contribution is 2.29. The Morgan fingerprint density at radius 2 is 1.81 bits per heavy atom. The molecule has 0 unspecified atom stereocenters. The first-order valence-electron chi connectivity index (χ1n) is 9.82. The van der Waals surface area contributed by atoms with Crippen LogP contribution in [0.2, 0.25) is 0 Å². The fourth-order valence-electron chi connectivity index (χ4n) is 3.36. The number of amides is 1. The summed E-state index contributed by atoms with van der Waals surface area (Å²) >= 11 is 0. The van der Waals surface area contributed by atoms with Gasteiger partial charge in [0.25, 0.3) is 5.91 Å². The van der Waals surface area contributed by atoms with E-state index in [2.05, 4.69) is 10.4 Å². The number of halogens is 1. The van der Waals surface area contributed by atoms with Crippen molar-refractivity contribution >= 4 is 22.8 Å². The van der Waals surface area contributed by atoms with E-state index in [0.29, 0.717) is 23.2 Å². The molecule has 1 atom stereocenters. The number of fused-ring (bicyclic) bond motifs is 1. The normalized spacial score (nSPS) is 12.5. The van der Waals surface area contributed by atoms with Gasteiger partial charge in [0.1, 0.15) is 23.1 Å². The number of nitrogens with one attached hydrogen (secondary N) is 1. The molecular weight excluding hydrogens is 401 g/mol. The van der Waals surface area contributed by atoms with Crippen molar-refractivity contribution in [1.29, 1.82) is 0 Å². The largest absolute Gasteiger partial charge is 0.494 e. The Morgan fingerprint density at radius 1 is 1.13 bits per heavy atom. The van der Waals surface area contributed by atoms with E-state index in [1.165, 1.54) is 26.4 Å². The summed E-state index contributed by atoms with van der Waals surface area (Å²) in [5, 5.41) is 7.85. The van der Waals surface area contributed by atoms with E-state index in [1.807, 2.05) is 20.8 Å². The van der Waals surface area contributed by atoms with Crippen LogP contribution >= 0.6 is 0 Å². The first-order valence-corrected chi connectivity index (χ1v) is 9.82. The number of carbonyl (C=O) groups excluding carboxylic acids is 2. The van der Waals surface area contributed by atoms with Crippen molar-refractivity contribution in [1.82, 2.24) is 15.1 Å². The van der Waals surface area contributed by atoms with Gasteiger partial charge in [0.15, 0.2) is 5.69 Å². The quantitative estimate of drug-likeness (QED) is 0.609. The number of carbonyl (C=O) groups is 2. The number of ether oxygens (including phenoxy) is 2. The van der Waals surface area contributed by atoms with E-state index in [-0.39, 0.29) is 11.5 Å². The van der Waals surface area contributed by atoms with Crippen LogP contribution in [0.3, 0.4) is 0 Å². The van der Waals surface area contributed by atoms with Gasteiger partial charge >= 0.3 is 5.97 Å². The second-order valence-corrected chi connectivity index (χ2v) is 8.28. The maximum absolute atomic E-state index is 13.3. The van der Waals surface area contributed by atoms with Crippen LogP contribution in [0.4, 0.5) is 4.39 Å². The molecule has 2 aromatic carbocycles. The second kappa shape index (κ2) is 8.75. The highest BCUT2D eigenvalue weighted by atomic mass is 19.1. The van der Waals surface area contributed by atoms with Crippen molar-refractivity contribution < 1.29 is 23.5 Å². The van der Waals surface area contributed by atoms with Crippen LogP contribution in [0.25, 0.3) is 10.9 Å². The van der Waals surface area contributed by atoms with Crippen LogP contribution in [0.1, 0.15) is 36.8 Å². The smallest absolute Gasteiger partial charge is 0.328 e. The van der Waals surface area contributed by atoms with Gasteiger partial charge in [0, 0.05) is 5.39 Å². The third-order valence-corrected chi connectivity index (χ3v) is 4.99. The Labute approximate surface area is 180 Å². The van der Waals surface area contributed by atoms with Crippen LogP contribution in [0, 0.1) is 11.2 Å². The zero-order chi connectivity index (χ0) is 22.8. The average molecular weight is 427 g/mol. The summed E-state index contributed by atoms with van der Waals surface area (Å²) in [6.07, 6.45) is 0. The van der Waals surface area contributed by atoms with E-state index in [1.54, 1.807) is 35.0 Å². The second-order valence-electron chi connectivity index (χ2n) is 8.28. The average Bonchev–Trinajstić information content (AvgIpc) is 3.10.